The number of amides is 1. The highest BCUT2D eigenvalue weighted by atomic mass is 16.2. The summed E-state index contributed by atoms with van der Waals surface area (Å²) in [6.45, 7) is 5.04. The van der Waals surface area contributed by atoms with Crippen LogP contribution >= 0.6 is 0 Å². The summed E-state index contributed by atoms with van der Waals surface area (Å²) >= 11 is 0. The van der Waals surface area contributed by atoms with Crippen molar-refractivity contribution in [1.82, 2.24) is 15.1 Å². The lowest BCUT2D eigenvalue weighted by molar-refractivity contribution is 0.0650. The minimum atomic E-state index is -0.00870. The van der Waals surface area contributed by atoms with Gasteiger partial charge in [0.15, 0.2) is 0 Å². The van der Waals surface area contributed by atoms with Gasteiger partial charge in [-0.1, -0.05) is 26.7 Å². The Morgan fingerprint density at radius 2 is 2.22 bits per heavy atom. The molecular weight excluding hydrogens is 228 g/mol. The van der Waals surface area contributed by atoms with E-state index in [-0.39, 0.29) is 5.91 Å². The normalized spacial score (nSPS) is 16.4. The minimum absolute atomic E-state index is 0.00870. The zero-order valence-electron chi connectivity index (χ0n) is 11.1. The Kier molecular flexibility index (Phi) is 3.89. The summed E-state index contributed by atoms with van der Waals surface area (Å²) in [6, 6.07) is 0.364. The number of aromatic nitrogens is 2. The van der Waals surface area contributed by atoms with Crippen LogP contribution in [0.3, 0.4) is 0 Å². The van der Waals surface area contributed by atoms with E-state index < -0.39 is 0 Å². The Bertz CT molecular complexity index is 407. The maximum Gasteiger partial charge on any atom is 0.274 e. The Morgan fingerprint density at radius 1 is 1.56 bits per heavy atom. The predicted molar refractivity (Wildman–Crippen MR) is 71.1 cm³/mol. The van der Waals surface area contributed by atoms with Crippen LogP contribution in [0.2, 0.25) is 0 Å². The molecular formula is C13H22N4O. The lowest BCUT2D eigenvalue weighted by atomic mass is 10.1. The molecule has 0 atom stereocenters. The zero-order valence-corrected chi connectivity index (χ0v) is 11.1. The molecule has 1 aliphatic rings. The molecule has 2 rings (SSSR count). The molecule has 1 fully saturated rings. The van der Waals surface area contributed by atoms with Crippen LogP contribution in [0, 0.1) is 5.92 Å². The SMILES string of the molecule is CC(C)CN(C(=O)c1[nH]ncc1N)C1CCCC1. The van der Waals surface area contributed by atoms with Gasteiger partial charge in [0.2, 0.25) is 0 Å². The maximum absolute atomic E-state index is 12.5. The van der Waals surface area contributed by atoms with Crippen molar-refractivity contribution in [3.8, 4) is 0 Å². The molecule has 0 radical (unpaired) electrons. The van der Waals surface area contributed by atoms with E-state index >= 15 is 0 Å². The fourth-order valence-corrected chi connectivity index (χ4v) is 2.62. The Morgan fingerprint density at radius 3 is 2.72 bits per heavy atom. The number of carbonyl (C=O) groups excluding carboxylic acids is 1. The lowest BCUT2D eigenvalue weighted by Crippen LogP contribution is -2.41. The third-order valence-electron chi connectivity index (χ3n) is 3.47. The van der Waals surface area contributed by atoms with Crippen molar-refractivity contribution in [2.24, 2.45) is 5.92 Å². The van der Waals surface area contributed by atoms with Gasteiger partial charge in [0.05, 0.1) is 11.9 Å². The van der Waals surface area contributed by atoms with Gasteiger partial charge < -0.3 is 10.6 Å². The highest BCUT2D eigenvalue weighted by Crippen LogP contribution is 2.26. The quantitative estimate of drug-likeness (QED) is 0.858. The monoisotopic (exact) mass is 250 g/mol. The number of nitrogens with zero attached hydrogens (tertiary/aromatic N) is 2. The zero-order chi connectivity index (χ0) is 13.1. The molecule has 1 aromatic heterocycles. The highest BCUT2D eigenvalue weighted by Gasteiger charge is 2.29. The summed E-state index contributed by atoms with van der Waals surface area (Å²) in [5.74, 6) is 0.448. The molecule has 0 unspecified atom stereocenters. The van der Waals surface area contributed by atoms with E-state index in [0.29, 0.717) is 23.3 Å². The van der Waals surface area contributed by atoms with Crippen molar-refractivity contribution in [1.29, 1.82) is 0 Å². The van der Waals surface area contributed by atoms with E-state index in [4.69, 9.17) is 5.73 Å². The number of carbonyl (C=O) groups is 1. The van der Waals surface area contributed by atoms with Crippen LogP contribution in [-0.4, -0.2) is 33.6 Å². The van der Waals surface area contributed by atoms with Gasteiger partial charge >= 0.3 is 0 Å². The molecule has 0 aliphatic heterocycles. The topological polar surface area (TPSA) is 75.0 Å². The van der Waals surface area contributed by atoms with Crippen LogP contribution in [0.1, 0.15) is 50.0 Å². The standard InChI is InChI=1S/C13H22N4O/c1-9(2)8-17(10-5-3-4-6-10)13(18)12-11(14)7-15-16-12/h7,9-10H,3-6,8,14H2,1-2H3,(H,15,16). The minimum Gasteiger partial charge on any atom is -0.396 e. The molecule has 1 aliphatic carbocycles. The van der Waals surface area contributed by atoms with Crippen molar-refractivity contribution in [2.45, 2.75) is 45.6 Å². The fraction of sp³-hybridized carbons (Fsp3) is 0.692. The molecule has 5 nitrogen and oxygen atoms in total. The molecule has 1 amide bonds. The van der Waals surface area contributed by atoms with Crippen molar-refractivity contribution in [3.05, 3.63) is 11.9 Å². The van der Waals surface area contributed by atoms with E-state index in [1.807, 2.05) is 4.90 Å². The van der Waals surface area contributed by atoms with Crippen LogP contribution < -0.4 is 5.73 Å². The van der Waals surface area contributed by atoms with E-state index in [9.17, 15) is 4.79 Å². The molecule has 18 heavy (non-hydrogen) atoms. The maximum atomic E-state index is 12.5. The molecule has 0 bridgehead atoms. The molecule has 5 heteroatoms. The van der Waals surface area contributed by atoms with Crippen LogP contribution in [0.25, 0.3) is 0 Å². The Hall–Kier alpha value is -1.52. The van der Waals surface area contributed by atoms with Crippen LogP contribution in [0.4, 0.5) is 5.69 Å². The lowest BCUT2D eigenvalue weighted by Gasteiger charge is -2.30. The number of anilines is 1. The first-order chi connectivity index (χ1) is 8.59. The van der Waals surface area contributed by atoms with Crippen LogP contribution in [0.5, 0.6) is 0 Å². The van der Waals surface area contributed by atoms with Crippen LogP contribution in [0.15, 0.2) is 6.20 Å². The predicted octanol–water partition coefficient (Wildman–Crippen LogP) is 2.03. The number of rotatable bonds is 4. The number of nitrogens with two attached hydrogens (primary N) is 1. The number of hydrogen-bond donors (Lipinski definition) is 2. The smallest absolute Gasteiger partial charge is 0.274 e. The van der Waals surface area contributed by atoms with Crippen LogP contribution in [-0.2, 0) is 0 Å². The Labute approximate surface area is 108 Å². The Balaban J connectivity index is 2.17. The fourth-order valence-electron chi connectivity index (χ4n) is 2.62. The summed E-state index contributed by atoms with van der Waals surface area (Å²) in [5, 5.41) is 6.55. The van der Waals surface area contributed by atoms with Crippen molar-refractivity contribution in [3.63, 3.8) is 0 Å². The number of H-pyrrole nitrogens is 1. The van der Waals surface area contributed by atoms with Gasteiger partial charge in [-0.05, 0) is 18.8 Å². The first-order valence-electron chi connectivity index (χ1n) is 6.69. The molecule has 3 N–H and O–H groups in total. The average Bonchev–Trinajstić information content (AvgIpc) is 2.95. The van der Waals surface area contributed by atoms with Crippen molar-refractivity contribution in [2.75, 3.05) is 12.3 Å². The largest absolute Gasteiger partial charge is 0.396 e. The molecule has 1 aromatic rings. The van der Waals surface area contributed by atoms with Gasteiger partial charge in [0.1, 0.15) is 5.69 Å². The second-order valence-electron chi connectivity index (χ2n) is 5.49. The first-order valence-corrected chi connectivity index (χ1v) is 6.69. The van der Waals surface area contributed by atoms with E-state index in [2.05, 4.69) is 24.0 Å². The second-order valence-corrected chi connectivity index (χ2v) is 5.49. The average molecular weight is 250 g/mol. The number of nitrogens with one attached hydrogen (secondary N) is 1. The van der Waals surface area contributed by atoms with Crippen molar-refractivity contribution < 1.29 is 4.79 Å². The number of nitrogen functional groups attached to an aromatic ring is 1. The molecule has 1 saturated carbocycles. The summed E-state index contributed by atoms with van der Waals surface area (Å²) < 4.78 is 0. The van der Waals surface area contributed by atoms with E-state index in [1.54, 1.807) is 0 Å². The van der Waals surface area contributed by atoms with Gasteiger partial charge in [-0.3, -0.25) is 9.89 Å². The van der Waals surface area contributed by atoms with Crippen molar-refractivity contribution >= 4 is 11.6 Å². The summed E-state index contributed by atoms with van der Waals surface area (Å²) in [6.07, 6.45) is 6.13. The number of hydrogen-bond acceptors (Lipinski definition) is 3. The van der Waals surface area contributed by atoms with Gasteiger partial charge in [-0.2, -0.15) is 5.10 Å². The van der Waals surface area contributed by atoms with E-state index in [0.717, 1.165) is 19.4 Å². The molecule has 0 spiro atoms. The summed E-state index contributed by atoms with van der Waals surface area (Å²) in [7, 11) is 0. The van der Waals surface area contributed by atoms with E-state index in [1.165, 1.54) is 19.0 Å². The third kappa shape index (κ3) is 2.66. The van der Waals surface area contributed by atoms with Gasteiger partial charge in [0.25, 0.3) is 5.91 Å². The molecule has 0 saturated heterocycles. The second kappa shape index (κ2) is 5.42. The molecule has 1 heterocycles. The van der Waals surface area contributed by atoms with Gasteiger partial charge in [-0.15, -0.1) is 0 Å². The first kappa shape index (κ1) is 12.9. The number of aromatic amines is 1. The summed E-state index contributed by atoms with van der Waals surface area (Å²) in [4.78, 5) is 14.5. The molecule has 100 valence electrons. The molecule has 0 aromatic carbocycles. The summed E-state index contributed by atoms with van der Waals surface area (Å²) in [5.41, 5.74) is 6.64. The van der Waals surface area contributed by atoms with Gasteiger partial charge in [0, 0.05) is 12.6 Å². The van der Waals surface area contributed by atoms with Gasteiger partial charge in [-0.25, -0.2) is 0 Å². The third-order valence-corrected chi connectivity index (χ3v) is 3.47. The highest BCUT2D eigenvalue weighted by molar-refractivity contribution is 5.97.